The monoisotopic (exact) mass is 258 g/mol. The Balaban J connectivity index is 1.76. The molecule has 0 saturated heterocycles. The molecule has 2 aliphatic rings. The predicted molar refractivity (Wildman–Crippen MR) is 78.0 cm³/mol. The Hall–Kier alpha value is -1.51. The van der Waals surface area contributed by atoms with Gasteiger partial charge in [-0.2, -0.15) is 0 Å². The Morgan fingerprint density at radius 1 is 1.26 bits per heavy atom. The molecule has 3 rings (SSSR count). The predicted octanol–water partition coefficient (Wildman–Crippen LogP) is 3.11. The van der Waals surface area contributed by atoms with E-state index in [-0.39, 0.29) is 6.10 Å². The molecule has 0 amide bonds. The van der Waals surface area contributed by atoms with Crippen LogP contribution in [-0.4, -0.2) is 25.0 Å². The molecule has 1 aliphatic carbocycles. The third kappa shape index (κ3) is 2.75. The molecular formula is C16H22N2O. The van der Waals surface area contributed by atoms with Crippen LogP contribution in [0, 0.1) is 0 Å². The number of hydrogen-bond acceptors (Lipinski definition) is 3. The summed E-state index contributed by atoms with van der Waals surface area (Å²) >= 11 is 0. The summed E-state index contributed by atoms with van der Waals surface area (Å²) in [4.78, 5) is 4.44. The first-order valence-corrected chi connectivity index (χ1v) is 7.38. The molecule has 1 fully saturated rings. The third-order valence-electron chi connectivity index (χ3n) is 4.10. The van der Waals surface area contributed by atoms with E-state index < -0.39 is 0 Å². The van der Waals surface area contributed by atoms with Gasteiger partial charge in [-0.05, 0) is 37.3 Å². The molecule has 1 N–H and O–H groups in total. The molecule has 0 bridgehead atoms. The summed E-state index contributed by atoms with van der Waals surface area (Å²) in [6.07, 6.45) is 5.32. The van der Waals surface area contributed by atoms with Crippen LogP contribution in [0.3, 0.4) is 0 Å². The van der Waals surface area contributed by atoms with Crippen LogP contribution in [0.25, 0.3) is 0 Å². The highest BCUT2D eigenvalue weighted by atomic mass is 16.5. The maximum Gasteiger partial charge on any atom is 0.152 e. The molecule has 102 valence electrons. The third-order valence-corrected chi connectivity index (χ3v) is 4.10. The van der Waals surface area contributed by atoms with Crippen LogP contribution in [0.5, 0.6) is 5.75 Å². The summed E-state index contributed by atoms with van der Waals surface area (Å²) < 4.78 is 6.15. The summed E-state index contributed by atoms with van der Waals surface area (Å²) in [6.45, 7) is 3.88. The fraction of sp³-hybridized carbons (Fsp3) is 0.562. The molecule has 19 heavy (non-hydrogen) atoms. The van der Waals surface area contributed by atoms with Crippen molar-refractivity contribution in [1.29, 1.82) is 0 Å². The van der Waals surface area contributed by atoms with Gasteiger partial charge in [0.1, 0.15) is 11.6 Å². The van der Waals surface area contributed by atoms with E-state index in [0.717, 1.165) is 24.7 Å². The lowest BCUT2D eigenvalue weighted by Gasteiger charge is -2.20. The summed E-state index contributed by atoms with van der Waals surface area (Å²) in [6, 6.07) is 8.50. The van der Waals surface area contributed by atoms with Crippen LogP contribution in [0.15, 0.2) is 29.3 Å². The summed E-state index contributed by atoms with van der Waals surface area (Å²) in [7, 11) is 0. The van der Waals surface area contributed by atoms with E-state index >= 15 is 0 Å². The van der Waals surface area contributed by atoms with Gasteiger partial charge in [-0.3, -0.25) is 4.99 Å². The molecule has 0 spiro atoms. The van der Waals surface area contributed by atoms with Gasteiger partial charge in [0, 0.05) is 6.54 Å². The molecule has 1 heterocycles. The van der Waals surface area contributed by atoms with Crippen molar-refractivity contribution in [1.82, 2.24) is 5.32 Å². The van der Waals surface area contributed by atoms with Gasteiger partial charge in [0.2, 0.25) is 0 Å². The summed E-state index contributed by atoms with van der Waals surface area (Å²) in [5.74, 6) is 2.71. The highest BCUT2D eigenvalue weighted by molar-refractivity contribution is 5.87. The second-order valence-corrected chi connectivity index (χ2v) is 5.47. The number of ether oxygens (including phenoxy) is 1. The SMILES string of the molecule is C[C@H](Oc1ccccc1C1CCCC1)C1=NCCN1. The van der Waals surface area contributed by atoms with Gasteiger partial charge in [-0.1, -0.05) is 31.0 Å². The van der Waals surface area contributed by atoms with Crippen LogP contribution in [-0.2, 0) is 0 Å². The smallest absolute Gasteiger partial charge is 0.152 e. The number of nitrogens with zero attached hydrogens (tertiary/aromatic N) is 1. The molecule has 0 unspecified atom stereocenters. The van der Waals surface area contributed by atoms with Crippen molar-refractivity contribution in [2.24, 2.45) is 4.99 Å². The summed E-state index contributed by atoms with van der Waals surface area (Å²) in [5, 5.41) is 3.29. The Morgan fingerprint density at radius 3 is 2.79 bits per heavy atom. The zero-order valence-corrected chi connectivity index (χ0v) is 11.6. The fourth-order valence-corrected chi connectivity index (χ4v) is 3.10. The number of para-hydroxylation sites is 1. The minimum absolute atomic E-state index is 0.0186. The Morgan fingerprint density at radius 2 is 2.05 bits per heavy atom. The molecule has 1 saturated carbocycles. The van der Waals surface area contributed by atoms with Gasteiger partial charge in [-0.15, -0.1) is 0 Å². The fourth-order valence-electron chi connectivity index (χ4n) is 3.10. The zero-order chi connectivity index (χ0) is 13.1. The minimum Gasteiger partial charge on any atom is -0.483 e. The van der Waals surface area contributed by atoms with E-state index in [9.17, 15) is 0 Å². The van der Waals surface area contributed by atoms with E-state index in [1.807, 2.05) is 0 Å². The molecular weight excluding hydrogens is 236 g/mol. The first-order chi connectivity index (χ1) is 9.34. The van der Waals surface area contributed by atoms with E-state index in [1.54, 1.807) is 0 Å². The minimum atomic E-state index is 0.0186. The zero-order valence-electron chi connectivity index (χ0n) is 11.6. The van der Waals surface area contributed by atoms with E-state index in [4.69, 9.17) is 4.74 Å². The quantitative estimate of drug-likeness (QED) is 0.900. The van der Waals surface area contributed by atoms with Crippen LogP contribution in [0.2, 0.25) is 0 Å². The Labute approximate surface area is 115 Å². The van der Waals surface area contributed by atoms with E-state index in [0.29, 0.717) is 5.92 Å². The molecule has 1 aliphatic heterocycles. The normalized spacial score (nSPS) is 21.0. The number of hydrogen-bond donors (Lipinski definition) is 1. The first kappa shape index (κ1) is 12.5. The van der Waals surface area contributed by atoms with Crippen LogP contribution >= 0.6 is 0 Å². The highest BCUT2D eigenvalue weighted by Crippen LogP contribution is 2.38. The van der Waals surface area contributed by atoms with Gasteiger partial charge in [0.15, 0.2) is 6.10 Å². The molecule has 0 radical (unpaired) electrons. The molecule has 1 atom stereocenters. The van der Waals surface area contributed by atoms with Crippen molar-refractivity contribution in [3.05, 3.63) is 29.8 Å². The van der Waals surface area contributed by atoms with Crippen molar-refractivity contribution >= 4 is 5.84 Å². The number of rotatable bonds is 4. The lowest BCUT2D eigenvalue weighted by molar-refractivity contribution is 0.279. The van der Waals surface area contributed by atoms with Gasteiger partial charge in [0.25, 0.3) is 0 Å². The second-order valence-electron chi connectivity index (χ2n) is 5.47. The maximum absolute atomic E-state index is 6.15. The molecule has 3 heteroatoms. The van der Waals surface area contributed by atoms with Crippen LogP contribution in [0.4, 0.5) is 0 Å². The number of nitrogens with one attached hydrogen (secondary N) is 1. The van der Waals surface area contributed by atoms with E-state index in [1.165, 1.54) is 31.2 Å². The van der Waals surface area contributed by atoms with Gasteiger partial charge in [0.05, 0.1) is 6.54 Å². The van der Waals surface area contributed by atoms with Crippen molar-refractivity contribution in [2.45, 2.75) is 44.6 Å². The van der Waals surface area contributed by atoms with Crippen LogP contribution in [0.1, 0.15) is 44.1 Å². The standard InChI is InChI=1S/C16H22N2O/c1-12(16-17-10-11-18-16)19-15-9-5-4-8-14(15)13-6-2-3-7-13/h4-5,8-9,12-13H,2-3,6-7,10-11H2,1H3,(H,17,18)/t12-/m0/s1. The van der Waals surface area contributed by atoms with Crippen molar-refractivity contribution in [3.63, 3.8) is 0 Å². The van der Waals surface area contributed by atoms with Crippen molar-refractivity contribution in [2.75, 3.05) is 13.1 Å². The molecule has 1 aromatic carbocycles. The average molecular weight is 258 g/mol. The Kier molecular flexibility index (Phi) is 3.72. The summed E-state index contributed by atoms with van der Waals surface area (Å²) in [5.41, 5.74) is 1.38. The maximum atomic E-state index is 6.15. The Bertz CT molecular complexity index is 464. The molecule has 1 aromatic rings. The van der Waals surface area contributed by atoms with Crippen molar-refractivity contribution < 1.29 is 4.74 Å². The number of benzene rings is 1. The number of amidine groups is 1. The first-order valence-electron chi connectivity index (χ1n) is 7.38. The lowest BCUT2D eigenvalue weighted by Crippen LogP contribution is -2.33. The largest absolute Gasteiger partial charge is 0.483 e. The van der Waals surface area contributed by atoms with Crippen molar-refractivity contribution in [3.8, 4) is 5.75 Å². The lowest BCUT2D eigenvalue weighted by atomic mass is 9.97. The molecule has 3 nitrogen and oxygen atoms in total. The van der Waals surface area contributed by atoms with Gasteiger partial charge >= 0.3 is 0 Å². The van der Waals surface area contributed by atoms with Crippen LogP contribution < -0.4 is 10.1 Å². The van der Waals surface area contributed by atoms with Gasteiger partial charge in [-0.25, -0.2) is 0 Å². The number of aliphatic imine (C=N–C) groups is 1. The average Bonchev–Trinajstić information content (AvgIpc) is 3.13. The topological polar surface area (TPSA) is 33.6 Å². The molecule has 0 aromatic heterocycles. The second kappa shape index (κ2) is 5.64. The van der Waals surface area contributed by atoms with E-state index in [2.05, 4.69) is 41.5 Å². The highest BCUT2D eigenvalue weighted by Gasteiger charge is 2.22. The van der Waals surface area contributed by atoms with Gasteiger partial charge < -0.3 is 10.1 Å².